The van der Waals surface area contributed by atoms with Crippen LogP contribution in [0.4, 0.5) is 0 Å². The van der Waals surface area contributed by atoms with Crippen LogP contribution in [-0.2, 0) is 16.8 Å². The van der Waals surface area contributed by atoms with Gasteiger partial charge in [-0.25, -0.2) is 14.5 Å². The second kappa shape index (κ2) is 6.33. The fraction of sp³-hybridized carbons (Fsp3) is 0.636. The zero-order valence-corrected chi connectivity index (χ0v) is 11.8. The summed E-state index contributed by atoms with van der Waals surface area (Å²) in [6, 6.07) is 0. The highest BCUT2D eigenvalue weighted by molar-refractivity contribution is 7.87. The summed E-state index contributed by atoms with van der Waals surface area (Å²) in [7, 11) is -3.43. The number of imidazole rings is 1. The molecule has 0 saturated carbocycles. The molecule has 20 heavy (non-hydrogen) atoms. The lowest BCUT2D eigenvalue weighted by molar-refractivity contribution is 0.0691. The van der Waals surface area contributed by atoms with Crippen molar-refractivity contribution in [1.29, 1.82) is 0 Å². The number of hydrogen-bond donors (Lipinski definition) is 2. The quantitative estimate of drug-likeness (QED) is 0.763. The zero-order valence-electron chi connectivity index (χ0n) is 11.0. The molecule has 0 radical (unpaired) electrons. The summed E-state index contributed by atoms with van der Waals surface area (Å²) in [4.78, 5) is 14.4. The number of aromatic carboxylic acids is 1. The van der Waals surface area contributed by atoms with E-state index in [9.17, 15) is 13.2 Å². The molecule has 1 saturated heterocycles. The Morgan fingerprint density at radius 2 is 2.05 bits per heavy atom. The van der Waals surface area contributed by atoms with Crippen molar-refractivity contribution in [3.63, 3.8) is 0 Å². The van der Waals surface area contributed by atoms with Crippen molar-refractivity contribution in [3.05, 3.63) is 18.2 Å². The van der Waals surface area contributed by atoms with Crippen LogP contribution in [0.3, 0.4) is 0 Å². The summed E-state index contributed by atoms with van der Waals surface area (Å²) >= 11 is 0. The standard InChI is InChI=1S/C11H18N4O4S/c16-11(17)10-8-14(9-12-10)7-4-13-20(18,19)15-5-2-1-3-6-15/h8-9,13H,1-7H2,(H,16,17). The molecule has 2 rings (SSSR count). The third kappa shape index (κ3) is 3.78. The Labute approximate surface area is 117 Å². The number of hydrogen-bond acceptors (Lipinski definition) is 4. The SMILES string of the molecule is O=C(O)c1cn(CCNS(=O)(=O)N2CCCCC2)cn1. The van der Waals surface area contributed by atoms with Crippen LogP contribution >= 0.6 is 0 Å². The van der Waals surface area contributed by atoms with E-state index in [1.54, 1.807) is 4.57 Å². The van der Waals surface area contributed by atoms with Crippen molar-refractivity contribution in [3.8, 4) is 0 Å². The second-order valence-electron chi connectivity index (χ2n) is 4.66. The van der Waals surface area contributed by atoms with E-state index in [-0.39, 0.29) is 12.2 Å². The van der Waals surface area contributed by atoms with Gasteiger partial charge in [-0.15, -0.1) is 0 Å². The van der Waals surface area contributed by atoms with E-state index in [0.29, 0.717) is 19.6 Å². The highest BCUT2D eigenvalue weighted by Crippen LogP contribution is 2.11. The van der Waals surface area contributed by atoms with Crippen molar-refractivity contribution in [2.45, 2.75) is 25.8 Å². The van der Waals surface area contributed by atoms with Gasteiger partial charge in [0.05, 0.1) is 6.33 Å². The minimum atomic E-state index is -3.43. The molecule has 0 atom stereocenters. The maximum absolute atomic E-state index is 12.0. The van der Waals surface area contributed by atoms with Gasteiger partial charge in [0.15, 0.2) is 5.69 Å². The van der Waals surface area contributed by atoms with Crippen molar-refractivity contribution in [2.24, 2.45) is 0 Å². The lowest BCUT2D eigenvalue weighted by Crippen LogP contribution is -2.44. The molecule has 0 unspecified atom stereocenters. The summed E-state index contributed by atoms with van der Waals surface area (Å²) in [6.45, 7) is 1.66. The molecule has 112 valence electrons. The first kappa shape index (κ1) is 14.9. The first-order valence-electron chi connectivity index (χ1n) is 6.49. The van der Waals surface area contributed by atoms with E-state index >= 15 is 0 Å². The van der Waals surface area contributed by atoms with Crippen LogP contribution in [0.25, 0.3) is 0 Å². The third-order valence-electron chi connectivity index (χ3n) is 3.16. The molecular formula is C11H18N4O4S. The van der Waals surface area contributed by atoms with Crippen LogP contribution in [0.2, 0.25) is 0 Å². The molecule has 9 heteroatoms. The topological polar surface area (TPSA) is 105 Å². The van der Waals surface area contributed by atoms with Crippen LogP contribution in [0.5, 0.6) is 0 Å². The Morgan fingerprint density at radius 1 is 1.35 bits per heavy atom. The van der Waals surface area contributed by atoms with Crippen molar-refractivity contribution in [2.75, 3.05) is 19.6 Å². The molecule has 1 aromatic heterocycles. The summed E-state index contributed by atoms with van der Waals surface area (Å²) < 4.78 is 29.5. The highest BCUT2D eigenvalue weighted by Gasteiger charge is 2.22. The van der Waals surface area contributed by atoms with E-state index in [2.05, 4.69) is 9.71 Å². The van der Waals surface area contributed by atoms with Crippen molar-refractivity contribution >= 4 is 16.2 Å². The predicted octanol–water partition coefficient (Wildman–Crippen LogP) is -0.0984. The lowest BCUT2D eigenvalue weighted by atomic mass is 10.2. The molecule has 0 aliphatic carbocycles. The van der Waals surface area contributed by atoms with Crippen LogP contribution in [-0.4, -0.2) is 53.0 Å². The van der Waals surface area contributed by atoms with Gasteiger partial charge in [0.25, 0.3) is 10.2 Å². The van der Waals surface area contributed by atoms with Gasteiger partial charge in [-0.2, -0.15) is 12.7 Å². The Hall–Kier alpha value is -1.45. The van der Waals surface area contributed by atoms with Crippen LogP contribution < -0.4 is 4.72 Å². The molecule has 1 fully saturated rings. The molecule has 0 amide bonds. The third-order valence-corrected chi connectivity index (χ3v) is 4.78. The molecule has 2 N–H and O–H groups in total. The molecule has 0 bridgehead atoms. The summed E-state index contributed by atoms with van der Waals surface area (Å²) in [5.74, 6) is -1.10. The first-order chi connectivity index (χ1) is 9.49. The summed E-state index contributed by atoms with van der Waals surface area (Å²) in [5.41, 5.74) is -0.0520. The molecule has 1 aliphatic heterocycles. The average Bonchev–Trinajstić information content (AvgIpc) is 2.89. The van der Waals surface area contributed by atoms with Gasteiger partial charge in [0, 0.05) is 32.4 Å². The molecule has 2 heterocycles. The van der Waals surface area contributed by atoms with Gasteiger partial charge in [0.2, 0.25) is 0 Å². The van der Waals surface area contributed by atoms with Crippen LogP contribution in [0, 0.1) is 0 Å². The normalized spacial score (nSPS) is 17.2. The number of piperidine rings is 1. The van der Waals surface area contributed by atoms with Gasteiger partial charge >= 0.3 is 5.97 Å². The minimum absolute atomic E-state index is 0.0520. The van der Waals surface area contributed by atoms with E-state index in [4.69, 9.17) is 5.11 Å². The van der Waals surface area contributed by atoms with Crippen LogP contribution in [0.1, 0.15) is 29.8 Å². The number of carboxylic acids is 1. The van der Waals surface area contributed by atoms with Gasteiger partial charge in [-0.3, -0.25) is 0 Å². The van der Waals surface area contributed by atoms with Gasteiger partial charge < -0.3 is 9.67 Å². The highest BCUT2D eigenvalue weighted by atomic mass is 32.2. The van der Waals surface area contributed by atoms with Crippen LogP contribution in [0.15, 0.2) is 12.5 Å². The Bertz CT molecular complexity index is 563. The maximum Gasteiger partial charge on any atom is 0.356 e. The van der Waals surface area contributed by atoms with E-state index < -0.39 is 16.2 Å². The first-order valence-corrected chi connectivity index (χ1v) is 7.93. The zero-order chi connectivity index (χ0) is 14.6. The summed E-state index contributed by atoms with van der Waals surface area (Å²) in [6.07, 6.45) is 5.60. The van der Waals surface area contributed by atoms with E-state index in [0.717, 1.165) is 19.3 Å². The number of carboxylic acid groups (broad SMARTS) is 1. The lowest BCUT2D eigenvalue weighted by Gasteiger charge is -2.25. The van der Waals surface area contributed by atoms with E-state index in [1.807, 2.05) is 0 Å². The Morgan fingerprint density at radius 3 is 2.65 bits per heavy atom. The monoisotopic (exact) mass is 302 g/mol. The molecule has 0 aromatic carbocycles. The largest absolute Gasteiger partial charge is 0.476 e. The molecular weight excluding hydrogens is 284 g/mol. The fourth-order valence-electron chi connectivity index (χ4n) is 2.09. The molecule has 8 nitrogen and oxygen atoms in total. The van der Waals surface area contributed by atoms with Gasteiger partial charge in [-0.1, -0.05) is 6.42 Å². The van der Waals surface area contributed by atoms with Gasteiger partial charge in [0.1, 0.15) is 0 Å². The second-order valence-corrected chi connectivity index (χ2v) is 6.42. The smallest absolute Gasteiger partial charge is 0.356 e. The number of rotatable bonds is 6. The molecule has 0 spiro atoms. The Balaban J connectivity index is 1.83. The molecule has 1 aromatic rings. The van der Waals surface area contributed by atoms with Gasteiger partial charge in [-0.05, 0) is 12.8 Å². The number of carbonyl (C=O) groups is 1. The molecule has 1 aliphatic rings. The fourth-order valence-corrected chi connectivity index (χ4v) is 3.36. The number of nitrogens with zero attached hydrogens (tertiary/aromatic N) is 3. The Kier molecular flexibility index (Phi) is 4.73. The number of aromatic nitrogens is 2. The predicted molar refractivity (Wildman–Crippen MR) is 71.5 cm³/mol. The van der Waals surface area contributed by atoms with Crippen molar-refractivity contribution in [1.82, 2.24) is 18.6 Å². The minimum Gasteiger partial charge on any atom is -0.476 e. The maximum atomic E-state index is 12.0. The van der Waals surface area contributed by atoms with E-state index in [1.165, 1.54) is 16.8 Å². The average molecular weight is 302 g/mol. The summed E-state index contributed by atoms with van der Waals surface area (Å²) in [5, 5.41) is 8.73. The number of nitrogens with one attached hydrogen (secondary N) is 1. The van der Waals surface area contributed by atoms with Crippen molar-refractivity contribution < 1.29 is 18.3 Å².